The van der Waals surface area contributed by atoms with Gasteiger partial charge in [-0.2, -0.15) is 0 Å². The number of hydrogen-bond donors (Lipinski definition) is 0. The van der Waals surface area contributed by atoms with E-state index in [2.05, 4.69) is 35.1 Å². The van der Waals surface area contributed by atoms with Crippen molar-refractivity contribution in [2.75, 3.05) is 0 Å². The molecule has 2 aromatic rings. The van der Waals surface area contributed by atoms with E-state index >= 15 is 0 Å². The average Bonchev–Trinajstić information content (AvgIpc) is 2.63. The van der Waals surface area contributed by atoms with E-state index in [9.17, 15) is 0 Å². The minimum atomic E-state index is 0.705. The molecule has 0 aromatic carbocycles. The summed E-state index contributed by atoms with van der Waals surface area (Å²) >= 11 is 0. The van der Waals surface area contributed by atoms with Crippen molar-refractivity contribution >= 4 is 5.78 Å². The summed E-state index contributed by atoms with van der Waals surface area (Å²) in [5.74, 6) is 0.705. The molecule has 0 saturated heterocycles. The molecule has 0 radical (unpaired) electrons. The van der Waals surface area contributed by atoms with E-state index < -0.39 is 0 Å². The molecule has 0 aliphatic rings. The summed E-state index contributed by atoms with van der Waals surface area (Å²) in [7, 11) is 0. The standard InChI is InChI=1S/C9H12N4/c1-3-7-5-8(4-2)13-6-10-12-9(13)11-7/h5-6H,3-4H2,1-2H3. The van der Waals surface area contributed by atoms with Crippen molar-refractivity contribution in [3.05, 3.63) is 23.8 Å². The van der Waals surface area contributed by atoms with Crippen molar-refractivity contribution < 1.29 is 0 Å². The molecule has 0 spiro atoms. The molecule has 2 rings (SSSR count). The summed E-state index contributed by atoms with van der Waals surface area (Å²) in [5.41, 5.74) is 2.30. The Balaban J connectivity index is 2.70. The first-order valence-corrected chi connectivity index (χ1v) is 4.53. The average molecular weight is 176 g/mol. The first-order chi connectivity index (χ1) is 6.35. The lowest BCUT2D eigenvalue weighted by molar-refractivity contribution is 0.913. The number of hydrogen-bond acceptors (Lipinski definition) is 3. The predicted octanol–water partition coefficient (Wildman–Crippen LogP) is 1.25. The SMILES string of the molecule is CCc1cc(CC)n2cnnc2n1. The van der Waals surface area contributed by atoms with Crippen molar-refractivity contribution in [2.45, 2.75) is 26.7 Å². The van der Waals surface area contributed by atoms with Crippen LogP contribution in [0.1, 0.15) is 25.2 Å². The van der Waals surface area contributed by atoms with E-state index in [4.69, 9.17) is 0 Å². The van der Waals surface area contributed by atoms with Gasteiger partial charge in [0.05, 0.1) is 0 Å². The minimum Gasteiger partial charge on any atom is -0.270 e. The molecule has 0 unspecified atom stereocenters. The zero-order chi connectivity index (χ0) is 9.26. The van der Waals surface area contributed by atoms with Crippen molar-refractivity contribution in [3.8, 4) is 0 Å². The van der Waals surface area contributed by atoms with Gasteiger partial charge in [-0.1, -0.05) is 13.8 Å². The van der Waals surface area contributed by atoms with E-state index in [0.29, 0.717) is 5.78 Å². The zero-order valence-corrected chi connectivity index (χ0v) is 7.86. The topological polar surface area (TPSA) is 43.1 Å². The summed E-state index contributed by atoms with van der Waals surface area (Å²) in [4.78, 5) is 4.35. The van der Waals surface area contributed by atoms with Gasteiger partial charge in [0.15, 0.2) is 0 Å². The highest BCUT2D eigenvalue weighted by molar-refractivity contribution is 5.30. The number of nitrogens with zero attached hydrogens (tertiary/aromatic N) is 4. The maximum absolute atomic E-state index is 4.35. The van der Waals surface area contributed by atoms with Crippen LogP contribution in [0, 0.1) is 0 Å². The maximum atomic E-state index is 4.35. The number of rotatable bonds is 2. The number of aromatic nitrogens is 4. The van der Waals surface area contributed by atoms with Crippen LogP contribution >= 0.6 is 0 Å². The summed E-state index contributed by atoms with van der Waals surface area (Å²) in [6, 6.07) is 2.11. The van der Waals surface area contributed by atoms with Crippen LogP contribution in [0.4, 0.5) is 0 Å². The van der Waals surface area contributed by atoms with Crippen LogP contribution in [-0.4, -0.2) is 19.6 Å². The highest BCUT2D eigenvalue weighted by atomic mass is 15.3. The van der Waals surface area contributed by atoms with Crippen LogP contribution in [0.3, 0.4) is 0 Å². The van der Waals surface area contributed by atoms with Gasteiger partial charge in [-0.25, -0.2) is 4.98 Å². The van der Waals surface area contributed by atoms with Crippen molar-refractivity contribution in [2.24, 2.45) is 0 Å². The number of aryl methyl sites for hydroxylation is 2. The van der Waals surface area contributed by atoms with Gasteiger partial charge in [-0.15, -0.1) is 10.2 Å². The Bertz CT molecular complexity index is 418. The second kappa shape index (κ2) is 3.12. The fraction of sp³-hybridized carbons (Fsp3) is 0.444. The van der Waals surface area contributed by atoms with Crippen LogP contribution < -0.4 is 0 Å². The Morgan fingerprint density at radius 1 is 1.31 bits per heavy atom. The van der Waals surface area contributed by atoms with Gasteiger partial charge in [-0.05, 0) is 18.9 Å². The van der Waals surface area contributed by atoms with E-state index in [-0.39, 0.29) is 0 Å². The Kier molecular flexibility index (Phi) is 1.96. The third-order valence-electron chi connectivity index (χ3n) is 2.14. The monoisotopic (exact) mass is 176 g/mol. The van der Waals surface area contributed by atoms with Crippen molar-refractivity contribution in [3.63, 3.8) is 0 Å². The molecule has 4 nitrogen and oxygen atoms in total. The highest BCUT2D eigenvalue weighted by Gasteiger charge is 2.03. The smallest absolute Gasteiger partial charge is 0.255 e. The van der Waals surface area contributed by atoms with Crippen LogP contribution in [0.2, 0.25) is 0 Å². The molecular formula is C9H12N4. The molecule has 68 valence electrons. The molecule has 0 atom stereocenters. The maximum Gasteiger partial charge on any atom is 0.255 e. The molecule has 13 heavy (non-hydrogen) atoms. The summed E-state index contributed by atoms with van der Waals surface area (Å²) in [5, 5.41) is 7.77. The molecular weight excluding hydrogens is 164 g/mol. The van der Waals surface area contributed by atoms with Gasteiger partial charge in [0, 0.05) is 11.4 Å². The fourth-order valence-corrected chi connectivity index (χ4v) is 1.38. The Hall–Kier alpha value is -1.45. The molecule has 4 heteroatoms. The second-order valence-electron chi connectivity index (χ2n) is 2.95. The van der Waals surface area contributed by atoms with Gasteiger partial charge < -0.3 is 0 Å². The van der Waals surface area contributed by atoms with Crippen LogP contribution in [0.5, 0.6) is 0 Å². The van der Waals surface area contributed by atoms with Gasteiger partial charge in [-0.3, -0.25) is 4.40 Å². The Morgan fingerprint density at radius 2 is 2.15 bits per heavy atom. The van der Waals surface area contributed by atoms with E-state index in [1.54, 1.807) is 6.33 Å². The fourth-order valence-electron chi connectivity index (χ4n) is 1.38. The molecule has 0 saturated carbocycles. The van der Waals surface area contributed by atoms with Crippen LogP contribution in [0.15, 0.2) is 12.4 Å². The second-order valence-corrected chi connectivity index (χ2v) is 2.95. The van der Waals surface area contributed by atoms with Gasteiger partial charge in [0.2, 0.25) is 0 Å². The lowest BCUT2D eigenvalue weighted by Crippen LogP contribution is -2.00. The van der Waals surface area contributed by atoms with E-state index in [1.807, 2.05) is 4.40 Å². The molecule has 0 fully saturated rings. The largest absolute Gasteiger partial charge is 0.270 e. The van der Waals surface area contributed by atoms with Crippen LogP contribution in [-0.2, 0) is 12.8 Å². The summed E-state index contributed by atoms with van der Waals surface area (Å²) < 4.78 is 1.93. The lowest BCUT2D eigenvalue weighted by atomic mass is 10.2. The Labute approximate surface area is 76.6 Å². The number of fused-ring (bicyclic) bond motifs is 1. The minimum absolute atomic E-state index is 0.705. The molecule has 0 bridgehead atoms. The first kappa shape index (κ1) is 8.16. The first-order valence-electron chi connectivity index (χ1n) is 4.53. The molecule has 2 heterocycles. The quantitative estimate of drug-likeness (QED) is 0.691. The normalized spacial score (nSPS) is 10.9. The zero-order valence-electron chi connectivity index (χ0n) is 7.86. The van der Waals surface area contributed by atoms with E-state index in [1.165, 1.54) is 5.69 Å². The molecule has 0 aliphatic heterocycles. The third kappa shape index (κ3) is 1.28. The molecule has 0 amide bonds. The van der Waals surface area contributed by atoms with Gasteiger partial charge in [0.1, 0.15) is 6.33 Å². The highest BCUT2D eigenvalue weighted by Crippen LogP contribution is 2.06. The third-order valence-corrected chi connectivity index (χ3v) is 2.14. The van der Waals surface area contributed by atoms with E-state index in [0.717, 1.165) is 18.5 Å². The lowest BCUT2D eigenvalue weighted by Gasteiger charge is -2.03. The summed E-state index contributed by atoms with van der Waals surface area (Å²) in [6.45, 7) is 4.21. The van der Waals surface area contributed by atoms with Crippen LogP contribution in [0.25, 0.3) is 5.78 Å². The van der Waals surface area contributed by atoms with Crippen molar-refractivity contribution in [1.29, 1.82) is 0 Å². The van der Waals surface area contributed by atoms with Gasteiger partial charge >= 0.3 is 0 Å². The summed E-state index contributed by atoms with van der Waals surface area (Å²) in [6.07, 6.45) is 3.63. The van der Waals surface area contributed by atoms with Crippen molar-refractivity contribution in [1.82, 2.24) is 19.6 Å². The Morgan fingerprint density at radius 3 is 2.85 bits per heavy atom. The van der Waals surface area contributed by atoms with Gasteiger partial charge in [0.25, 0.3) is 5.78 Å². The molecule has 0 aliphatic carbocycles. The molecule has 0 N–H and O–H groups in total. The predicted molar refractivity (Wildman–Crippen MR) is 49.5 cm³/mol. The molecule has 2 aromatic heterocycles.